The van der Waals surface area contributed by atoms with Crippen molar-refractivity contribution in [2.45, 2.75) is 0 Å². The van der Waals surface area contributed by atoms with Crippen LogP contribution in [0.2, 0.25) is 10.0 Å². The van der Waals surface area contributed by atoms with E-state index in [0.717, 1.165) is 40.2 Å². The van der Waals surface area contributed by atoms with E-state index < -0.39 is 0 Å². The van der Waals surface area contributed by atoms with E-state index in [-0.39, 0.29) is 0 Å². The number of nitrogens with two attached hydrogens (primary N) is 1. The van der Waals surface area contributed by atoms with Gasteiger partial charge in [-0.1, -0.05) is 41.4 Å². The van der Waals surface area contributed by atoms with Gasteiger partial charge in [-0.3, -0.25) is 9.56 Å². The lowest BCUT2D eigenvalue weighted by Gasteiger charge is -2.10. The minimum absolute atomic E-state index is 0.490. The van der Waals surface area contributed by atoms with E-state index in [1.807, 2.05) is 74.8 Å². The third kappa shape index (κ3) is 4.59. The molecule has 31 heavy (non-hydrogen) atoms. The highest BCUT2D eigenvalue weighted by molar-refractivity contribution is 6.42. The average Bonchev–Trinajstić information content (AvgIpc) is 3.14. The molecular formula is C24H23Cl2N5. The second-order valence-corrected chi connectivity index (χ2v) is 8.32. The number of aromatic nitrogens is 2. The number of para-hydroxylation sites is 1. The van der Waals surface area contributed by atoms with E-state index in [9.17, 15) is 0 Å². The molecule has 7 heteroatoms. The largest absolute Gasteiger partial charge is 0.384 e. The number of aliphatic imine (C=N–C) groups is 1. The number of imidazole rings is 1. The van der Waals surface area contributed by atoms with Crippen LogP contribution in [0.1, 0.15) is 5.56 Å². The minimum atomic E-state index is 0.490. The molecule has 0 amide bonds. The van der Waals surface area contributed by atoms with Gasteiger partial charge in [-0.05, 0) is 62.6 Å². The van der Waals surface area contributed by atoms with E-state index in [2.05, 4.69) is 14.5 Å². The fourth-order valence-corrected chi connectivity index (χ4v) is 3.67. The molecule has 0 unspecified atom stereocenters. The highest BCUT2D eigenvalue weighted by atomic mass is 35.5. The van der Waals surface area contributed by atoms with Crippen LogP contribution in [0.4, 0.5) is 0 Å². The van der Waals surface area contributed by atoms with Crippen LogP contribution in [0.15, 0.2) is 71.7 Å². The molecule has 3 aromatic carbocycles. The number of rotatable bonds is 6. The summed E-state index contributed by atoms with van der Waals surface area (Å²) in [6.07, 6.45) is 0. The lowest BCUT2D eigenvalue weighted by molar-refractivity contribution is 0.420. The molecule has 0 spiro atoms. The molecule has 0 aliphatic carbocycles. The second-order valence-electron chi connectivity index (χ2n) is 7.51. The van der Waals surface area contributed by atoms with E-state index in [1.54, 1.807) is 6.07 Å². The van der Waals surface area contributed by atoms with Crippen molar-refractivity contribution >= 4 is 40.1 Å². The van der Waals surface area contributed by atoms with Crippen molar-refractivity contribution in [1.29, 1.82) is 0 Å². The first-order valence-corrected chi connectivity index (χ1v) is 10.7. The molecule has 0 bridgehead atoms. The van der Waals surface area contributed by atoms with Gasteiger partial charge in [0.2, 0.25) is 0 Å². The van der Waals surface area contributed by atoms with Gasteiger partial charge in [0.25, 0.3) is 0 Å². The summed E-state index contributed by atoms with van der Waals surface area (Å²) >= 11 is 12.4. The lowest BCUT2D eigenvalue weighted by atomic mass is 10.1. The molecule has 5 nitrogen and oxygen atoms in total. The van der Waals surface area contributed by atoms with Crippen LogP contribution < -0.4 is 5.73 Å². The van der Waals surface area contributed by atoms with Crippen molar-refractivity contribution < 1.29 is 0 Å². The summed E-state index contributed by atoms with van der Waals surface area (Å²) in [5, 5.41) is 1.00. The summed E-state index contributed by atoms with van der Waals surface area (Å²) in [6, 6.07) is 21.6. The number of hydrogen-bond acceptors (Lipinski definition) is 3. The maximum absolute atomic E-state index is 6.29. The Hall–Kier alpha value is -2.86. The molecule has 0 saturated heterocycles. The zero-order chi connectivity index (χ0) is 22.0. The van der Waals surface area contributed by atoms with Crippen LogP contribution in [0.5, 0.6) is 0 Å². The lowest BCUT2D eigenvalue weighted by Crippen LogP contribution is -2.19. The number of nitrogens with zero attached hydrogens (tertiary/aromatic N) is 4. The Morgan fingerprint density at radius 2 is 1.77 bits per heavy atom. The minimum Gasteiger partial charge on any atom is -0.384 e. The quantitative estimate of drug-likeness (QED) is 0.321. The molecule has 0 fully saturated rings. The van der Waals surface area contributed by atoms with Gasteiger partial charge in [0.1, 0.15) is 11.7 Å². The van der Waals surface area contributed by atoms with Gasteiger partial charge >= 0.3 is 0 Å². The van der Waals surface area contributed by atoms with Crippen LogP contribution in [-0.4, -0.2) is 47.5 Å². The Labute approximate surface area is 191 Å². The highest BCUT2D eigenvalue weighted by Crippen LogP contribution is 2.32. The summed E-state index contributed by atoms with van der Waals surface area (Å²) < 4.78 is 2.11. The average molecular weight is 452 g/mol. The summed E-state index contributed by atoms with van der Waals surface area (Å²) in [5.74, 6) is 1.29. The molecule has 0 radical (unpaired) electrons. The Morgan fingerprint density at radius 3 is 2.48 bits per heavy atom. The first kappa shape index (κ1) is 21.4. The highest BCUT2D eigenvalue weighted by Gasteiger charge is 2.16. The van der Waals surface area contributed by atoms with Gasteiger partial charge in [-0.15, -0.1) is 0 Å². The zero-order valence-electron chi connectivity index (χ0n) is 17.4. The van der Waals surface area contributed by atoms with E-state index >= 15 is 0 Å². The van der Waals surface area contributed by atoms with Crippen LogP contribution in [0.25, 0.3) is 28.1 Å². The predicted octanol–water partition coefficient (Wildman–Crippen LogP) is 5.27. The third-order valence-electron chi connectivity index (χ3n) is 4.97. The smallest absolute Gasteiger partial charge is 0.145 e. The van der Waals surface area contributed by atoms with Gasteiger partial charge in [0.05, 0.1) is 27.6 Å². The topological polar surface area (TPSA) is 59.4 Å². The molecule has 4 aromatic rings. The van der Waals surface area contributed by atoms with Crippen LogP contribution in [0.3, 0.4) is 0 Å². The normalized spacial score (nSPS) is 12.1. The standard InChI is InChI=1S/C24H23Cl2N5/c1-30(2)13-12-28-23(27)16-9-11-22-21(15-16)29-24(17-8-10-19(25)20(26)14-17)31(22)18-6-4-3-5-7-18/h3-11,14-15H,12-13H2,1-2H3,(H2,27,28). The van der Waals surface area contributed by atoms with Gasteiger partial charge in [-0.2, -0.15) is 0 Å². The Balaban J connectivity index is 1.85. The van der Waals surface area contributed by atoms with E-state index in [1.165, 1.54) is 0 Å². The van der Waals surface area contributed by atoms with Crippen molar-refractivity contribution in [3.8, 4) is 17.1 Å². The summed E-state index contributed by atoms with van der Waals surface area (Å²) in [4.78, 5) is 11.5. The number of fused-ring (bicyclic) bond motifs is 1. The van der Waals surface area contributed by atoms with Gasteiger partial charge < -0.3 is 10.6 Å². The van der Waals surface area contributed by atoms with Gasteiger partial charge in [-0.25, -0.2) is 4.98 Å². The van der Waals surface area contributed by atoms with Crippen molar-refractivity contribution in [3.05, 3.63) is 82.3 Å². The molecule has 0 atom stereocenters. The molecule has 0 saturated carbocycles. The summed E-state index contributed by atoms with van der Waals surface area (Å²) in [7, 11) is 4.02. The number of amidine groups is 1. The SMILES string of the molecule is CN(C)CCN=C(N)c1ccc2c(c1)nc(-c1ccc(Cl)c(Cl)c1)n2-c1ccccc1. The Kier molecular flexibility index (Phi) is 6.28. The Bertz CT molecular complexity index is 1250. The first-order valence-electron chi connectivity index (χ1n) is 9.92. The van der Waals surface area contributed by atoms with Crippen molar-refractivity contribution in [3.63, 3.8) is 0 Å². The van der Waals surface area contributed by atoms with Crippen molar-refractivity contribution in [2.75, 3.05) is 27.2 Å². The van der Waals surface area contributed by atoms with Gasteiger partial charge in [0, 0.05) is 23.4 Å². The molecule has 1 heterocycles. The predicted molar refractivity (Wildman–Crippen MR) is 131 cm³/mol. The fraction of sp³-hybridized carbons (Fsp3) is 0.167. The molecule has 2 N–H and O–H groups in total. The van der Waals surface area contributed by atoms with Crippen LogP contribution in [-0.2, 0) is 0 Å². The third-order valence-corrected chi connectivity index (χ3v) is 5.71. The Morgan fingerprint density at radius 1 is 1.00 bits per heavy atom. The monoisotopic (exact) mass is 451 g/mol. The fourth-order valence-electron chi connectivity index (χ4n) is 3.37. The number of halogens is 2. The molecule has 158 valence electrons. The van der Waals surface area contributed by atoms with Crippen LogP contribution >= 0.6 is 23.2 Å². The second kappa shape index (κ2) is 9.10. The van der Waals surface area contributed by atoms with Gasteiger partial charge in [0.15, 0.2) is 0 Å². The zero-order valence-corrected chi connectivity index (χ0v) is 18.9. The van der Waals surface area contributed by atoms with Crippen molar-refractivity contribution in [1.82, 2.24) is 14.5 Å². The first-order chi connectivity index (χ1) is 14.9. The van der Waals surface area contributed by atoms with E-state index in [0.29, 0.717) is 22.4 Å². The number of hydrogen-bond donors (Lipinski definition) is 1. The van der Waals surface area contributed by atoms with Crippen LogP contribution in [0, 0.1) is 0 Å². The van der Waals surface area contributed by atoms with Crippen molar-refractivity contribution in [2.24, 2.45) is 10.7 Å². The summed E-state index contributed by atoms with van der Waals surface area (Å²) in [6.45, 7) is 1.48. The molecule has 1 aromatic heterocycles. The molecule has 0 aliphatic heterocycles. The molecule has 0 aliphatic rings. The number of likely N-dealkylation sites (N-methyl/N-ethyl adjacent to an activating group) is 1. The molecule has 4 rings (SSSR count). The maximum atomic E-state index is 6.29. The molecular weight excluding hydrogens is 429 g/mol. The van der Waals surface area contributed by atoms with E-state index in [4.69, 9.17) is 33.9 Å². The number of benzene rings is 3. The summed E-state index contributed by atoms with van der Waals surface area (Å²) in [5.41, 5.74) is 10.8. The maximum Gasteiger partial charge on any atom is 0.145 e.